The third kappa shape index (κ3) is 4.81. The largest absolute Gasteiger partial charge is 0.416 e. The number of nitrogens with one attached hydrogen (secondary N) is 1. The Labute approximate surface area is 181 Å². The first-order valence-corrected chi connectivity index (χ1v) is 10.00. The normalized spacial score (nSPS) is 13.3. The van der Waals surface area contributed by atoms with Crippen LogP contribution in [0, 0.1) is 0 Å². The summed E-state index contributed by atoms with van der Waals surface area (Å²) in [4.78, 5) is 20.9. The summed E-state index contributed by atoms with van der Waals surface area (Å²) in [6.07, 6.45) is -2.35. The van der Waals surface area contributed by atoms with E-state index < -0.39 is 11.7 Å². The van der Waals surface area contributed by atoms with E-state index >= 15 is 0 Å². The smallest absolute Gasteiger partial charge is 0.383 e. The number of amides is 1. The summed E-state index contributed by atoms with van der Waals surface area (Å²) in [6, 6.07) is 6.65. The minimum Gasteiger partial charge on any atom is -0.383 e. The summed E-state index contributed by atoms with van der Waals surface area (Å²) in [5, 5.41) is 3.53. The van der Waals surface area contributed by atoms with E-state index in [1.807, 2.05) is 0 Å². The molecule has 168 valence electrons. The number of nitrogens with two attached hydrogens (primary N) is 1. The Kier molecular flexibility index (Phi) is 6.24. The molecule has 4 rings (SSSR count). The van der Waals surface area contributed by atoms with Crippen LogP contribution in [-0.2, 0) is 35.3 Å². The van der Waals surface area contributed by atoms with Crippen molar-refractivity contribution in [3.63, 3.8) is 0 Å². The topological polar surface area (TPSA) is 99.4 Å². The van der Waals surface area contributed by atoms with Gasteiger partial charge in [-0.2, -0.15) is 13.2 Å². The number of nitrogens with zero attached hydrogens (tertiary/aromatic N) is 2. The lowest BCUT2D eigenvalue weighted by Crippen LogP contribution is -2.28. The lowest BCUT2D eigenvalue weighted by Gasteiger charge is -2.09. The standard InChI is InChI=1S/C22H21F3N4O3/c23-22(24,25)14-3-1-13(2-4-14)5-7-31-8-6-27-21(30)18-9-15-16-11-32-12-17(16)20(26)29-19(15)10-28-18/h1-4,9-10H,5-8,11-12H2,(H2,26,29)(H,27,30). The van der Waals surface area contributed by atoms with Gasteiger partial charge in [0.05, 0.1) is 43.7 Å². The predicted molar refractivity (Wildman–Crippen MR) is 111 cm³/mol. The molecule has 0 radical (unpaired) electrons. The second kappa shape index (κ2) is 9.09. The van der Waals surface area contributed by atoms with Crippen molar-refractivity contribution in [2.24, 2.45) is 0 Å². The number of fused-ring (bicyclic) bond motifs is 3. The third-order valence-corrected chi connectivity index (χ3v) is 5.20. The second-order valence-corrected chi connectivity index (χ2v) is 7.35. The highest BCUT2D eigenvalue weighted by atomic mass is 19.4. The highest BCUT2D eigenvalue weighted by Crippen LogP contribution is 2.31. The first-order valence-electron chi connectivity index (χ1n) is 10.00. The minimum atomic E-state index is -4.34. The van der Waals surface area contributed by atoms with Gasteiger partial charge < -0.3 is 20.5 Å². The number of hydrogen-bond donors (Lipinski definition) is 2. The van der Waals surface area contributed by atoms with E-state index in [2.05, 4.69) is 15.3 Å². The van der Waals surface area contributed by atoms with E-state index in [1.54, 1.807) is 6.07 Å². The summed E-state index contributed by atoms with van der Waals surface area (Å²) in [5.41, 5.74) is 8.64. The Bertz CT molecular complexity index is 1130. The van der Waals surface area contributed by atoms with Gasteiger partial charge >= 0.3 is 6.18 Å². The van der Waals surface area contributed by atoms with Gasteiger partial charge in [-0.25, -0.2) is 9.97 Å². The molecule has 3 heterocycles. The highest BCUT2D eigenvalue weighted by Gasteiger charge is 2.29. The lowest BCUT2D eigenvalue weighted by molar-refractivity contribution is -0.137. The zero-order valence-electron chi connectivity index (χ0n) is 17.0. The molecule has 2 aromatic heterocycles. The van der Waals surface area contributed by atoms with Crippen LogP contribution in [-0.4, -0.2) is 35.6 Å². The SMILES string of the molecule is Nc1nc2cnc(C(=O)NCCOCCc3ccc(C(F)(F)F)cc3)cc2c2c1COC2. The first-order chi connectivity index (χ1) is 15.3. The van der Waals surface area contributed by atoms with E-state index in [0.717, 1.165) is 34.2 Å². The van der Waals surface area contributed by atoms with Gasteiger partial charge in [0.1, 0.15) is 11.5 Å². The molecule has 1 aromatic carbocycles. The number of anilines is 1. The molecule has 10 heteroatoms. The van der Waals surface area contributed by atoms with E-state index in [1.165, 1.54) is 18.3 Å². The molecular weight excluding hydrogens is 425 g/mol. The van der Waals surface area contributed by atoms with Gasteiger partial charge in [0.15, 0.2) is 0 Å². The average molecular weight is 446 g/mol. The number of benzene rings is 1. The predicted octanol–water partition coefficient (Wildman–Crippen LogP) is 3.25. The number of hydrogen-bond acceptors (Lipinski definition) is 6. The number of carbonyl (C=O) groups is 1. The molecule has 32 heavy (non-hydrogen) atoms. The highest BCUT2D eigenvalue weighted by molar-refractivity contribution is 5.97. The van der Waals surface area contributed by atoms with Crippen LogP contribution in [0.15, 0.2) is 36.5 Å². The second-order valence-electron chi connectivity index (χ2n) is 7.35. The number of rotatable bonds is 7. The molecule has 1 amide bonds. The van der Waals surface area contributed by atoms with E-state index in [-0.39, 0.29) is 24.8 Å². The lowest BCUT2D eigenvalue weighted by atomic mass is 10.1. The van der Waals surface area contributed by atoms with Gasteiger partial charge in [0.25, 0.3) is 5.91 Å². The van der Waals surface area contributed by atoms with Crippen LogP contribution < -0.4 is 11.1 Å². The van der Waals surface area contributed by atoms with Crippen molar-refractivity contribution in [1.29, 1.82) is 0 Å². The molecule has 0 bridgehead atoms. The fourth-order valence-electron chi connectivity index (χ4n) is 3.48. The Morgan fingerprint density at radius 2 is 1.91 bits per heavy atom. The number of halogens is 3. The van der Waals surface area contributed by atoms with Gasteiger partial charge in [-0.05, 0) is 35.7 Å². The Morgan fingerprint density at radius 3 is 2.66 bits per heavy atom. The van der Waals surface area contributed by atoms with Crippen LogP contribution in [0.5, 0.6) is 0 Å². The van der Waals surface area contributed by atoms with Gasteiger partial charge in [0, 0.05) is 17.5 Å². The molecule has 7 nitrogen and oxygen atoms in total. The van der Waals surface area contributed by atoms with Gasteiger partial charge in [-0.1, -0.05) is 12.1 Å². The molecule has 3 aromatic rings. The molecule has 0 unspecified atom stereocenters. The van der Waals surface area contributed by atoms with Crippen LogP contribution >= 0.6 is 0 Å². The summed E-state index contributed by atoms with van der Waals surface area (Å²) in [6.45, 7) is 1.68. The van der Waals surface area contributed by atoms with Crippen LogP contribution in [0.3, 0.4) is 0 Å². The monoisotopic (exact) mass is 446 g/mol. The fourth-order valence-corrected chi connectivity index (χ4v) is 3.48. The first kappa shape index (κ1) is 22.0. The Hall–Kier alpha value is -3.24. The summed E-state index contributed by atoms with van der Waals surface area (Å²) in [7, 11) is 0. The number of ether oxygens (including phenoxy) is 2. The summed E-state index contributed by atoms with van der Waals surface area (Å²) in [5.74, 6) is 0.0696. The van der Waals surface area contributed by atoms with Crippen molar-refractivity contribution < 1.29 is 27.4 Å². The van der Waals surface area contributed by atoms with Crippen molar-refractivity contribution in [1.82, 2.24) is 15.3 Å². The summed E-state index contributed by atoms with van der Waals surface area (Å²) < 4.78 is 48.6. The quantitative estimate of drug-likeness (QED) is 0.541. The van der Waals surface area contributed by atoms with Gasteiger partial charge in [-0.15, -0.1) is 0 Å². The number of carbonyl (C=O) groups excluding carboxylic acids is 1. The van der Waals surface area contributed by atoms with Gasteiger partial charge in [-0.3, -0.25) is 4.79 Å². The zero-order valence-corrected chi connectivity index (χ0v) is 17.0. The average Bonchev–Trinajstić information content (AvgIpc) is 3.26. The third-order valence-electron chi connectivity index (χ3n) is 5.20. The Morgan fingerprint density at radius 1 is 1.16 bits per heavy atom. The molecule has 0 atom stereocenters. The number of nitrogen functional groups attached to an aromatic ring is 1. The maximum absolute atomic E-state index is 12.6. The van der Waals surface area contributed by atoms with Crippen molar-refractivity contribution in [3.8, 4) is 0 Å². The van der Waals surface area contributed by atoms with Crippen molar-refractivity contribution in [2.45, 2.75) is 25.8 Å². The van der Waals surface area contributed by atoms with E-state index in [0.29, 0.717) is 37.6 Å². The van der Waals surface area contributed by atoms with Crippen molar-refractivity contribution in [3.05, 3.63) is 64.5 Å². The molecule has 0 fully saturated rings. The van der Waals surface area contributed by atoms with Crippen LogP contribution in [0.1, 0.15) is 32.7 Å². The maximum Gasteiger partial charge on any atom is 0.416 e. The minimum absolute atomic E-state index is 0.253. The number of pyridine rings is 2. The molecule has 0 saturated carbocycles. The molecule has 0 saturated heterocycles. The van der Waals surface area contributed by atoms with Crippen molar-refractivity contribution in [2.75, 3.05) is 25.5 Å². The Balaban J connectivity index is 1.25. The molecule has 0 aliphatic carbocycles. The molecule has 3 N–H and O–H groups in total. The molecule has 1 aliphatic heterocycles. The number of alkyl halides is 3. The molecular formula is C22H21F3N4O3. The van der Waals surface area contributed by atoms with Crippen molar-refractivity contribution >= 4 is 22.6 Å². The van der Waals surface area contributed by atoms with Crippen LogP contribution in [0.4, 0.5) is 19.0 Å². The van der Waals surface area contributed by atoms with E-state index in [4.69, 9.17) is 15.2 Å². The number of aromatic nitrogens is 2. The fraction of sp³-hybridized carbons (Fsp3) is 0.318. The maximum atomic E-state index is 12.6. The zero-order chi connectivity index (χ0) is 22.7. The van der Waals surface area contributed by atoms with Crippen LogP contribution in [0.2, 0.25) is 0 Å². The summed E-state index contributed by atoms with van der Waals surface area (Å²) >= 11 is 0. The molecule has 1 aliphatic rings. The molecule has 0 spiro atoms. The van der Waals surface area contributed by atoms with Crippen LogP contribution in [0.25, 0.3) is 10.9 Å². The van der Waals surface area contributed by atoms with Gasteiger partial charge in [0.2, 0.25) is 0 Å². The van der Waals surface area contributed by atoms with E-state index in [9.17, 15) is 18.0 Å².